The zero-order valence-corrected chi connectivity index (χ0v) is 20.3. The van der Waals surface area contributed by atoms with Crippen molar-refractivity contribution >= 4 is 44.8 Å². The fraction of sp³-hybridized carbons (Fsp3) is 0.476. The van der Waals surface area contributed by atoms with Gasteiger partial charge in [0.2, 0.25) is 15.9 Å². The van der Waals surface area contributed by atoms with Gasteiger partial charge in [-0.2, -0.15) is 9.40 Å². The van der Waals surface area contributed by atoms with Crippen molar-refractivity contribution in [2.24, 2.45) is 0 Å². The molecule has 3 rings (SSSR count). The summed E-state index contributed by atoms with van der Waals surface area (Å²) in [6.45, 7) is 4.43. The summed E-state index contributed by atoms with van der Waals surface area (Å²) in [5.41, 5.74) is 0.247. The van der Waals surface area contributed by atoms with Gasteiger partial charge >= 0.3 is 0 Å². The topological polar surface area (TPSA) is 101 Å². The maximum absolute atomic E-state index is 13.3. The molecule has 1 amide bonds. The van der Waals surface area contributed by atoms with Crippen molar-refractivity contribution in [3.8, 4) is 0 Å². The van der Waals surface area contributed by atoms with Gasteiger partial charge in [0, 0.05) is 18.8 Å². The first-order valence-corrected chi connectivity index (χ1v) is 12.7. The fourth-order valence-corrected chi connectivity index (χ4v) is 5.75. The lowest BCUT2D eigenvalue weighted by Gasteiger charge is -2.22. The molecule has 0 radical (unpaired) electrons. The number of amides is 1. The molecule has 8 nitrogen and oxygen atoms in total. The molecule has 2 heterocycles. The molecule has 1 aromatic carbocycles. The van der Waals surface area contributed by atoms with E-state index in [-0.39, 0.29) is 21.4 Å². The summed E-state index contributed by atoms with van der Waals surface area (Å²) in [4.78, 5) is 25.5. The van der Waals surface area contributed by atoms with E-state index >= 15 is 0 Å². The Labute approximate surface area is 197 Å². The molecule has 0 aliphatic carbocycles. The number of rotatable bonds is 6. The third kappa shape index (κ3) is 5.17. The maximum atomic E-state index is 13.3. The molecule has 1 unspecified atom stereocenters. The van der Waals surface area contributed by atoms with Gasteiger partial charge in [-0.25, -0.2) is 13.1 Å². The van der Waals surface area contributed by atoms with E-state index in [9.17, 15) is 18.0 Å². The van der Waals surface area contributed by atoms with Crippen LogP contribution in [-0.4, -0.2) is 41.5 Å². The van der Waals surface area contributed by atoms with Crippen LogP contribution in [0.3, 0.4) is 0 Å². The number of nitrogens with zero attached hydrogens (tertiary/aromatic N) is 3. The Hall–Kier alpha value is -1.94. The Bertz CT molecular complexity index is 1160. The van der Waals surface area contributed by atoms with Crippen LogP contribution < -0.4 is 10.9 Å². The van der Waals surface area contributed by atoms with Gasteiger partial charge in [-0.05, 0) is 43.9 Å². The average Bonchev–Trinajstić information content (AvgIpc) is 3.05. The quantitative estimate of drug-likeness (QED) is 0.645. The average molecular weight is 501 g/mol. The highest BCUT2D eigenvalue weighted by atomic mass is 35.5. The van der Waals surface area contributed by atoms with Crippen LogP contribution in [0.15, 0.2) is 34.1 Å². The molecule has 0 bridgehead atoms. The van der Waals surface area contributed by atoms with Crippen molar-refractivity contribution < 1.29 is 13.2 Å². The predicted molar refractivity (Wildman–Crippen MR) is 125 cm³/mol. The molecule has 0 spiro atoms. The summed E-state index contributed by atoms with van der Waals surface area (Å²) in [5.74, 6) is -0.512. The number of halogens is 2. The Kier molecular flexibility index (Phi) is 7.97. The Morgan fingerprint density at radius 3 is 2.47 bits per heavy atom. The number of nitrogens with one attached hydrogen (secondary N) is 1. The number of hydrogen-bond acceptors (Lipinski definition) is 5. The number of aromatic nitrogens is 2. The summed E-state index contributed by atoms with van der Waals surface area (Å²) in [6, 6.07) is 3.81. The minimum Gasteiger partial charge on any atom is -0.324 e. The first kappa shape index (κ1) is 24.7. The number of aryl methyl sites for hydroxylation is 1. The van der Waals surface area contributed by atoms with Crippen molar-refractivity contribution in [2.45, 2.75) is 56.9 Å². The summed E-state index contributed by atoms with van der Waals surface area (Å²) in [6.07, 6.45) is 5.17. The lowest BCUT2D eigenvalue weighted by molar-refractivity contribution is -0.119. The van der Waals surface area contributed by atoms with Crippen molar-refractivity contribution in [3.63, 3.8) is 0 Å². The zero-order chi connectivity index (χ0) is 23.5. The maximum Gasteiger partial charge on any atom is 0.287 e. The van der Waals surface area contributed by atoms with Gasteiger partial charge in [-0.15, -0.1) is 0 Å². The van der Waals surface area contributed by atoms with Crippen LogP contribution in [0, 0.1) is 6.92 Å². The van der Waals surface area contributed by atoms with E-state index in [2.05, 4.69) is 10.4 Å². The summed E-state index contributed by atoms with van der Waals surface area (Å²) in [5, 5.41) is 6.44. The molecular weight excluding hydrogens is 475 g/mol. The van der Waals surface area contributed by atoms with Gasteiger partial charge in [0.1, 0.15) is 11.1 Å². The number of benzene rings is 1. The van der Waals surface area contributed by atoms with E-state index in [1.54, 1.807) is 26.0 Å². The number of hydrogen-bond donors (Lipinski definition) is 1. The van der Waals surface area contributed by atoms with Crippen LogP contribution in [0.1, 0.15) is 50.6 Å². The Morgan fingerprint density at radius 2 is 1.84 bits per heavy atom. The van der Waals surface area contributed by atoms with E-state index in [0.717, 1.165) is 30.4 Å². The predicted octanol–water partition coefficient (Wildman–Crippen LogP) is 4.01. The largest absolute Gasteiger partial charge is 0.324 e. The monoisotopic (exact) mass is 500 g/mol. The first-order chi connectivity index (χ1) is 15.2. The van der Waals surface area contributed by atoms with Gasteiger partial charge in [0.25, 0.3) is 5.56 Å². The van der Waals surface area contributed by atoms with Crippen LogP contribution >= 0.6 is 23.2 Å². The second kappa shape index (κ2) is 10.3. The number of sulfonamides is 1. The van der Waals surface area contributed by atoms with E-state index < -0.39 is 27.5 Å². The minimum atomic E-state index is -3.69. The number of anilines is 1. The number of carbonyl (C=O) groups is 1. The Balaban J connectivity index is 1.88. The molecule has 1 aliphatic rings. The molecule has 1 atom stereocenters. The van der Waals surface area contributed by atoms with Crippen molar-refractivity contribution in [1.82, 2.24) is 14.1 Å². The molecule has 11 heteroatoms. The molecular formula is C21H26Cl2N4O4S. The van der Waals surface area contributed by atoms with Crippen molar-refractivity contribution in [3.05, 3.63) is 50.4 Å². The lowest BCUT2D eigenvalue weighted by Crippen LogP contribution is -2.35. The highest BCUT2D eigenvalue weighted by molar-refractivity contribution is 7.89. The second-order valence-electron chi connectivity index (χ2n) is 7.77. The molecule has 1 aromatic heterocycles. The molecule has 1 aliphatic heterocycles. The van der Waals surface area contributed by atoms with Gasteiger partial charge < -0.3 is 5.32 Å². The van der Waals surface area contributed by atoms with E-state index in [0.29, 0.717) is 24.3 Å². The third-order valence-electron chi connectivity index (χ3n) is 5.52. The minimum absolute atomic E-state index is 0.00470. The molecule has 32 heavy (non-hydrogen) atoms. The van der Waals surface area contributed by atoms with Gasteiger partial charge in [-0.1, -0.05) is 49.0 Å². The smallest absolute Gasteiger partial charge is 0.287 e. The van der Waals surface area contributed by atoms with Gasteiger partial charge in [-0.3, -0.25) is 9.59 Å². The summed E-state index contributed by atoms with van der Waals surface area (Å²) < 4.78 is 29.0. The van der Waals surface area contributed by atoms with Crippen LogP contribution in [0.2, 0.25) is 10.0 Å². The van der Waals surface area contributed by atoms with E-state index in [4.69, 9.17) is 23.2 Å². The van der Waals surface area contributed by atoms with Crippen LogP contribution in [0.5, 0.6) is 0 Å². The summed E-state index contributed by atoms with van der Waals surface area (Å²) >= 11 is 11.7. The van der Waals surface area contributed by atoms with Gasteiger partial charge in [0.15, 0.2) is 0 Å². The van der Waals surface area contributed by atoms with Gasteiger partial charge in [0.05, 0.1) is 16.1 Å². The molecule has 1 fully saturated rings. The molecule has 1 saturated heterocycles. The van der Waals surface area contributed by atoms with Crippen molar-refractivity contribution in [2.75, 3.05) is 18.4 Å². The van der Waals surface area contributed by atoms with E-state index in [1.807, 2.05) is 0 Å². The van der Waals surface area contributed by atoms with Crippen LogP contribution in [-0.2, 0) is 14.8 Å². The highest BCUT2D eigenvalue weighted by Gasteiger charge is 2.28. The second-order valence-corrected chi connectivity index (χ2v) is 10.5. The Morgan fingerprint density at radius 1 is 1.19 bits per heavy atom. The molecule has 2 aromatic rings. The fourth-order valence-electron chi connectivity index (χ4n) is 3.72. The normalized spacial score (nSPS) is 16.4. The summed E-state index contributed by atoms with van der Waals surface area (Å²) in [7, 11) is -3.69. The van der Waals surface area contributed by atoms with Crippen LogP contribution in [0.25, 0.3) is 0 Å². The standard InChI is InChI=1S/C21H26Cl2N4O4S/c1-3-17(27-21(29)19(23)16(22)13-24-27)20(28)25-15-9-8-14(2)18(12-15)32(30,31)26-10-6-4-5-7-11-26/h8-9,12-13,17H,3-7,10-11H2,1-2H3,(H,25,28). The van der Waals surface area contributed by atoms with Crippen LogP contribution in [0.4, 0.5) is 5.69 Å². The molecule has 1 N–H and O–H groups in total. The third-order valence-corrected chi connectivity index (χ3v) is 8.31. The highest BCUT2D eigenvalue weighted by Crippen LogP contribution is 2.26. The lowest BCUT2D eigenvalue weighted by atomic mass is 10.2. The van der Waals surface area contributed by atoms with E-state index in [1.165, 1.54) is 16.6 Å². The SMILES string of the molecule is CCC(C(=O)Nc1ccc(C)c(S(=O)(=O)N2CCCCCC2)c1)n1ncc(Cl)c(Cl)c1=O. The molecule has 174 valence electrons. The number of carbonyl (C=O) groups excluding carboxylic acids is 1. The van der Waals surface area contributed by atoms with Crippen molar-refractivity contribution in [1.29, 1.82) is 0 Å². The molecule has 0 saturated carbocycles. The first-order valence-electron chi connectivity index (χ1n) is 10.5. The zero-order valence-electron chi connectivity index (χ0n) is 18.0.